The minimum atomic E-state index is -0.489. The van der Waals surface area contributed by atoms with Gasteiger partial charge in [0.15, 0.2) is 0 Å². The second-order valence-electron chi connectivity index (χ2n) is 8.43. The summed E-state index contributed by atoms with van der Waals surface area (Å²) in [7, 11) is 4.67. The summed E-state index contributed by atoms with van der Waals surface area (Å²) in [5.41, 5.74) is 2.32. The third-order valence-corrected chi connectivity index (χ3v) is 6.05. The fourth-order valence-electron chi connectivity index (χ4n) is 3.95. The highest BCUT2D eigenvalue weighted by Gasteiger charge is 2.18. The number of aliphatic hydroxyl groups excluding tert-OH is 1. The molecule has 2 heterocycles. The van der Waals surface area contributed by atoms with E-state index < -0.39 is 5.82 Å². The van der Waals surface area contributed by atoms with Crippen LogP contribution in [0.4, 0.5) is 15.9 Å². The van der Waals surface area contributed by atoms with Crippen molar-refractivity contribution in [1.82, 2.24) is 15.2 Å². The topological polar surface area (TPSA) is 92.2 Å². The molecule has 0 atom stereocenters. The van der Waals surface area contributed by atoms with Crippen LogP contribution in [0.5, 0.6) is 5.75 Å². The molecule has 1 aliphatic heterocycles. The minimum Gasteiger partial charge on any atom is -0.507 e. The Morgan fingerprint density at radius 3 is 2.27 bits per heavy atom. The number of hydrogen-bond donors (Lipinski definition) is 3. The Kier molecular flexibility index (Phi) is 9.85. The molecular formula is C27H31ClFN5O3. The maximum atomic E-state index is 14.7. The van der Waals surface area contributed by atoms with Crippen LogP contribution in [0.1, 0.15) is 0 Å². The molecule has 1 saturated heterocycles. The Labute approximate surface area is 221 Å². The Morgan fingerprint density at radius 2 is 1.68 bits per heavy atom. The van der Waals surface area contributed by atoms with Crippen LogP contribution in [-0.2, 0) is 4.79 Å². The summed E-state index contributed by atoms with van der Waals surface area (Å²) < 4.78 is 14.7. The molecule has 0 bridgehead atoms. The summed E-state index contributed by atoms with van der Waals surface area (Å²) >= 11 is 6.48. The Morgan fingerprint density at radius 1 is 1.03 bits per heavy atom. The van der Waals surface area contributed by atoms with E-state index >= 15 is 0 Å². The Balaban J connectivity index is 0.00000186. The number of phenols is 1. The van der Waals surface area contributed by atoms with Crippen molar-refractivity contribution in [2.45, 2.75) is 0 Å². The molecule has 1 fully saturated rings. The first-order chi connectivity index (χ1) is 17.9. The number of aromatic nitrogens is 1. The zero-order valence-corrected chi connectivity index (χ0v) is 21.8. The van der Waals surface area contributed by atoms with Gasteiger partial charge in [-0.2, -0.15) is 0 Å². The quantitative estimate of drug-likeness (QED) is 0.401. The van der Waals surface area contributed by atoms with Crippen molar-refractivity contribution in [3.63, 3.8) is 0 Å². The van der Waals surface area contributed by atoms with Crippen LogP contribution in [0.25, 0.3) is 22.3 Å². The van der Waals surface area contributed by atoms with Gasteiger partial charge in [0, 0.05) is 77.1 Å². The fourth-order valence-corrected chi connectivity index (χ4v) is 4.23. The van der Waals surface area contributed by atoms with Crippen molar-refractivity contribution >= 4 is 29.5 Å². The number of aromatic hydroxyl groups is 1. The van der Waals surface area contributed by atoms with Crippen molar-refractivity contribution in [1.29, 1.82) is 0 Å². The predicted molar refractivity (Wildman–Crippen MR) is 146 cm³/mol. The monoisotopic (exact) mass is 527 g/mol. The standard InChI is InChI=1S/C26H27ClFN5O2.CH4O/c1-31(2)11-12-33(17-34)24-4-3-18(13-23(24)27)21-15-20(28)16-22(26(21)35)19-5-6-30-25(14-19)32-9-7-29-8-10-32;1-2/h3-6,11-17,29,35H,7-10H2,1-2H3;2H,1H3/b12-11-;. The van der Waals surface area contributed by atoms with E-state index in [1.54, 1.807) is 47.8 Å². The van der Waals surface area contributed by atoms with Crippen molar-refractivity contribution in [2.75, 3.05) is 57.2 Å². The van der Waals surface area contributed by atoms with Crippen LogP contribution in [0, 0.1) is 5.82 Å². The third kappa shape index (κ3) is 6.76. The van der Waals surface area contributed by atoms with Crippen molar-refractivity contribution < 1.29 is 19.4 Å². The van der Waals surface area contributed by atoms with Crippen molar-refractivity contribution in [3.8, 4) is 28.0 Å². The number of phenolic OH excluding ortho intramolecular Hbond substituents is 1. The number of nitrogens with zero attached hydrogens (tertiary/aromatic N) is 4. The summed E-state index contributed by atoms with van der Waals surface area (Å²) in [5, 5.41) is 21.7. The number of rotatable bonds is 7. The summed E-state index contributed by atoms with van der Waals surface area (Å²) in [5.74, 6) is 0.228. The van der Waals surface area contributed by atoms with E-state index in [1.807, 2.05) is 20.2 Å². The first kappa shape index (κ1) is 27.9. The van der Waals surface area contributed by atoms with Gasteiger partial charge < -0.3 is 25.3 Å². The van der Waals surface area contributed by atoms with Crippen LogP contribution in [0.15, 0.2) is 61.1 Å². The molecular weight excluding hydrogens is 497 g/mol. The molecule has 0 aliphatic carbocycles. The highest BCUT2D eigenvalue weighted by molar-refractivity contribution is 6.34. The zero-order chi connectivity index (χ0) is 26.9. The molecule has 3 aromatic rings. The largest absolute Gasteiger partial charge is 0.507 e. The second kappa shape index (κ2) is 13.0. The zero-order valence-electron chi connectivity index (χ0n) is 21.0. The number of amides is 1. The smallest absolute Gasteiger partial charge is 0.218 e. The van der Waals surface area contributed by atoms with Gasteiger partial charge >= 0.3 is 0 Å². The van der Waals surface area contributed by atoms with Gasteiger partial charge in [-0.3, -0.25) is 9.69 Å². The first-order valence-corrected chi connectivity index (χ1v) is 12.0. The molecule has 0 spiro atoms. The van der Waals surface area contributed by atoms with E-state index in [2.05, 4.69) is 15.2 Å². The Hall–Kier alpha value is -3.66. The summed E-state index contributed by atoms with van der Waals surface area (Å²) in [4.78, 5) is 21.3. The highest BCUT2D eigenvalue weighted by atomic mass is 35.5. The number of benzene rings is 2. The molecule has 196 valence electrons. The van der Waals surface area contributed by atoms with Gasteiger partial charge in [0.25, 0.3) is 0 Å². The van der Waals surface area contributed by atoms with Gasteiger partial charge in [0.2, 0.25) is 6.41 Å². The molecule has 0 unspecified atom stereocenters. The minimum absolute atomic E-state index is 0.0626. The molecule has 2 aromatic carbocycles. The molecule has 4 rings (SSSR count). The van der Waals surface area contributed by atoms with Gasteiger partial charge in [-0.15, -0.1) is 0 Å². The lowest BCUT2D eigenvalue weighted by molar-refractivity contribution is -0.106. The molecule has 1 amide bonds. The van der Waals surface area contributed by atoms with Crippen molar-refractivity contribution in [2.24, 2.45) is 0 Å². The molecule has 1 aromatic heterocycles. The van der Waals surface area contributed by atoms with Crippen LogP contribution in [0.3, 0.4) is 0 Å². The van der Waals surface area contributed by atoms with Gasteiger partial charge in [-0.25, -0.2) is 9.37 Å². The number of nitrogens with one attached hydrogen (secondary N) is 1. The average molecular weight is 528 g/mol. The number of carbonyl (C=O) groups excluding carboxylic acids is 1. The van der Waals surface area contributed by atoms with E-state index in [0.717, 1.165) is 39.1 Å². The van der Waals surface area contributed by atoms with Crippen LogP contribution in [-0.4, -0.2) is 73.9 Å². The SMILES string of the molecule is CN(C)/C=C\N(C=O)c1ccc(-c2cc(F)cc(-c3ccnc(N4CCNCC4)c3)c2O)cc1Cl.CO. The van der Waals surface area contributed by atoms with E-state index in [-0.39, 0.29) is 10.8 Å². The van der Waals surface area contributed by atoms with Crippen LogP contribution in [0.2, 0.25) is 5.02 Å². The molecule has 1 aliphatic rings. The van der Waals surface area contributed by atoms with Crippen LogP contribution >= 0.6 is 11.6 Å². The molecule has 8 nitrogen and oxygen atoms in total. The molecule has 0 radical (unpaired) electrons. The van der Waals surface area contributed by atoms with Crippen LogP contribution < -0.4 is 15.1 Å². The van der Waals surface area contributed by atoms with Gasteiger partial charge in [-0.1, -0.05) is 17.7 Å². The molecule has 10 heteroatoms. The summed E-state index contributed by atoms with van der Waals surface area (Å²) in [6, 6.07) is 11.1. The Bertz CT molecular complexity index is 1250. The number of hydrogen-bond acceptors (Lipinski definition) is 7. The lowest BCUT2D eigenvalue weighted by Gasteiger charge is -2.28. The fraction of sp³-hybridized carbons (Fsp3) is 0.259. The summed E-state index contributed by atoms with van der Waals surface area (Å²) in [6.07, 6.45) is 5.62. The van der Waals surface area contributed by atoms with E-state index in [0.29, 0.717) is 34.4 Å². The lowest BCUT2D eigenvalue weighted by Crippen LogP contribution is -2.43. The van der Waals surface area contributed by atoms with E-state index in [9.17, 15) is 14.3 Å². The number of pyridine rings is 1. The predicted octanol–water partition coefficient (Wildman–Crippen LogP) is 3.93. The number of anilines is 2. The number of aliphatic hydroxyl groups is 1. The number of piperazine rings is 1. The maximum absolute atomic E-state index is 14.7. The summed E-state index contributed by atoms with van der Waals surface area (Å²) in [6.45, 7) is 3.38. The molecule has 3 N–H and O–H groups in total. The lowest BCUT2D eigenvalue weighted by atomic mass is 9.97. The van der Waals surface area contributed by atoms with Crippen molar-refractivity contribution in [3.05, 3.63) is 71.9 Å². The van der Waals surface area contributed by atoms with Gasteiger partial charge in [0.1, 0.15) is 17.4 Å². The highest BCUT2D eigenvalue weighted by Crippen LogP contribution is 2.41. The second-order valence-corrected chi connectivity index (χ2v) is 8.84. The first-order valence-electron chi connectivity index (χ1n) is 11.6. The maximum Gasteiger partial charge on any atom is 0.218 e. The van der Waals surface area contributed by atoms with E-state index in [1.165, 1.54) is 17.0 Å². The number of halogens is 2. The van der Waals surface area contributed by atoms with Gasteiger partial charge in [0.05, 0.1) is 10.7 Å². The van der Waals surface area contributed by atoms with Gasteiger partial charge in [-0.05, 0) is 47.5 Å². The normalized spacial score (nSPS) is 13.2. The number of carbonyl (C=O) groups is 1. The van der Waals surface area contributed by atoms with E-state index in [4.69, 9.17) is 16.7 Å². The average Bonchev–Trinajstić information content (AvgIpc) is 2.92. The third-order valence-electron chi connectivity index (χ3n) is 5.75. The molecule has 37 heavy (non-hydrogen) atoms. The molecule has 0 saturated carbocycles.